The van der Waals surface area contributed by atoms with Gasteiger partial charge in [0.2, 0.25) is 5.28 Å². The molecule has 0 spiro atoms. The maximum absolute atomic E-state index is 13.5. The molecule has 5 rings (SSSR count). The summed E-state index contributed by atoms with van der Waals surface area (Å²) in [5, 5.41) is 0.0600. The SMILES string of the molecule is CC(C)OP(=O)(/C=C/[C@@]12C[C@@H]1[C@@H](n1cnc3c(N)nc(Cl)nc31)[C@@H]1OC(C)(C)O[C@@H]12)OC(C)C. The van der Waals surface area contributed by atoms with Crippen LogP contribution >= 0.6 is 19.2 Å². The van der Waals surface area contributed by atoms with E-state index in [0.29, 0.717) is 11.2 Å². The van der Waals surface area contributed by atoms with Gasteiger partial charge in [-0.25, -0.2) is 4.98 Å². The van der Waals surface area contributed by atoms with Crippen LogP contribution in [0.15, 0.2) is 18.2 Å². The van der Waals surface area contributed by atoms with Gasteiger partial charge >= 0.3 is 7.60 Å². The van der Waals surface area contributed by atoms with E-state index in [1.807, 2.05) is 52.2 Å². The number of nitrogen functional groups attached to an aromatic ring is 1. The third-order valence-electron chi connectivity index (χ3n) is 6.54. The molecule has 34 heavy (non-hydrogen) atoms. The number of rotatable bonds is 7. The second-order valence-corrected chi connectivity index (χ2v) is 12.4. The first-order valence-corrected chi connectivity index (χ1v) is 13.5. The number of aromatic nitrogens is 4. The first-order chi connectivity index (χ1) is 15.8. The van der Waals surface area contributed by atoms with Crippen LogP contribution in [0, 0.1) is 11.3 Å². The number of hydrogen-bond donors (Lipinski definition) is 1. The van der Waals surface area contributed by atoms with E-state index in [2.05, 4.69) is 15.0 Å². The normalized spacial score (nSPS) is 32.3. The lowest BCUT2D eigenvalue weighted by molar-refractivity contribution is -0.159. The molecule has 1 aliphatic heterocycles. The van der Waals surface area contributed by atoms with Crippen LogP contribution in [0.5, 0.6) is 0 Å². The number of anilines is 1. The number of nitrogens with zero attached hydrogens (tertiary/aromatic N) is 4. The summed E-state index contributed by atoms with van der Waals surface area (Å²) >= 11 is 6.10. The molecule has 0 amide bonds. The Morgan fingerprint density at radius 3 is 2.56 bits per heavy atom. The van der Waals surface area contributed by atoms with Gasteiger partial charge in [-0.15, -0.1) is 0 Å². The van der Waals surface area contributed by atoms with Crippen molar-refractivity contribution < 1.29 is 23.1 Å². The summed E-state index contributed by atoms with van der Waals surface area (Å²) in [7, 11) is -3.45. The molecule has 0 unspecified atom stereocenters. The van der Waals surface area contributed by atoms with Gasteiger partial charge < -0.3 is 28.8 Å². The lowest BCUT2D eigenvalue weighted by atomic mass is 9.99. The molecule has 2 N–H and O–H groups in total. The van der Waals surface area contributed by atoms with E-state index in [9.17, 15) is 4.57 Å². The van der Waals surface area contributed by atoms with Gasteiger partial charge in [-0.1, -0.05) is 6.08 Å². The van der Waals surface area contributed by atoms with Crippen molar-refractivity contribution in [1.82, 2.24) is 19.5 Å². The standard InChI is InChI=1S/C22H31ClN5O5P/c1-11(2)32-34(29,33-12(3)4)8-7-22-9-13(22)15(16-17(22)31-21(5,6)30-16)28-10-25-14-18(24)26-20(23)27-19(14)28/h7-8,10-13,15-17H,9H2,1-6H3,(H2,24,26,27)/b8-7+/t13-,15-,16+,17+,22-/m1/s1. The zero-order chi connectivity index (χ0) is 24.6. The first-order valence-electron chi connectivity index (χ1n) is 11.5. The Labute approximate surface area is 203 Å². The highest BCUT2D eigenvalue weighted by atomic mass is 35.5. The molecular weight excluding hydrogens is 481 g/mol. The highest BCUT2D eigenvalue weighted by molar-refractivity contribution is 7.57. The van der Waals surface area contributed by atoms with Crippen molar-refractivity contribution >= 4 is 36.2 Å². The quantitative estimate of drug-likeness (QED) is 0.416. The number of halogens is 1. The van der Waals surface area contributed by atoms with Crippen LogP contribution in [0.1, 0.15) is 54.0 Å². The van der Waals surface area contributed by atoms with Gasteiger partial charge in [0.05, 0.1) is 30.7 Å². The molecule has 2 saturated carbocycles. The van der Waals surface area contributed by atoms with Crippen LogP contribution in [0.2, 0.25) is 5.28 Å². The highest BCUT2D eigenvalue weighted by Gasteiger charge is 2.75. The fourth-order valence-corrected chi connectivity index (χ4v) is 7.45. The number of nitrogens with two attached hydrogens (primary N) is 1. The van der Waals surface area contributed by atoms with Gasteiger partial charge in [0.1, 0.15) is 11.6 Å². The Bertz CT molecular complexity index is 1190. The van der Waals surface area contributed by atoms with Gasteiger partial charge in [0.25, 0.3) is 0 Å². The predicted molar refractivity (Wildman–Crippen MR) is 127 cm³/mol. The van der Waals surface area contributed by atoms with Crippen LogP contribution in [-0.2, 0) is 23.1 Å². The fourth-order valence-electron chi connectivity index (χ4n) is 5.45. The first kappa shape index (κ1) is 24.2. The van der Waals surface area contributed by atoms with Crippen molar-refractivity contribution in [3.05, 3.63) is 23.5 Å². The molecule has 1 saturated heterocycles. The Balaban J connectivity index is 1.54. The number of ether oxygens (including phenoxy) is 2. The molecule has 3 heterocycles. The maximum atomic E-state index is 13.5. The lowest BCUT2D eigenvalue weighted by Gasteiger charge is -2.24. The van der Waals surface area contributed by atoms with Crippen LogP contribution in [0.25, 0.3) is 11.2 Å². The van der Waals surface area contributed by atoms with E-state index in [0.717, 1.165) is 6.42 Å². The van der Waals surface area contributed by atoms with Gasteiger partial charge in [0.15, 0.2) is 17.3 Å². The van der Waals surface area contributed by atoms with E-state index in [4.69, 9.17) is 35.9 Å². The van der Waals surface area contributed by atoms with Crippen molar-refractivity contribution in [3.63, 3.8) is 0 Å². The summed E-state index contributed by atoms with van der Waals surface area (Å²) in [5.41, 5.74) is 6.70. The van der Waals surface area contributed by atoms with E-state index in [1.165, 1.54) is 0 Å². The topological polar surface area (TPSA) is 124 Å². The summed E-state index contributed by atoms with van der Waals surface area (Å²) in [6, 6.07) is -0.122. The maximum Gasteiger partial charge on any atom is 0.354 e. The molecule has 12 heteroatoms. The molecule has 0 bridgehead atoms. The Kier molecular flexibility index (Phi) is 5.67. The minimum Gasteiger partial charge on any atom is -0.382 e. The van der Waals surface area contributed by atoms with Gasteiger partial charge in [-0.05, 0) is 65.5 Å². The molecule has 0 radical (unpaired) electrons. The zero-order valence-corrected chi connectivity index (χ0v) is 21.8. The molecule has 2 aromatic rings. The average molecular weight is 512 g/mol. The van der Waals surface area contributed by atoms with Crippen molar-refractivity contribution in [2.45, 2.75) is 84.2 Å². The summed E-state index contributed by atoms with van der Waals surface area (Å²) in [4.78, 5) is 12.8. The number of imidazole rings is 1. The van der Waals surface area contributed by atoms with Crippen molar-refractivity contribution in [2.24, 2.45) is 11.3 Å². The van der Waals surface area contributed by atoms with Gasteiger partial charge in [-0.2, -0.15) is 9.97 Å². The Morgan fingerprint density at radius 2 is 1.91 bits per heavy atom. The van der Waals surface area contributed by atoms with Crippen LogP contribution in [0.3, 0.4) is 0 Å². The number of hydrogen-bond acceptors (Lipinski definition) is 9. The van der Waals surface area contributed by atoms with E-state index < -0.39 is 13.4 Å². The molecule has 2 aromatic heterocycles. The van der Waals surface area contributed by atoms with Gasteiger partial charge in [-0.3, -0.25) is 4.57 Å². The molecule has 0 aromatic carbocycles. The smallest absolute Gasteiger partial charge is 0.354 e. The molecule has 2 aliphatic carbocycles. The van der Waals surface area contributed by atoms with Crippen molar-refractivity contribution in [2.75, 3.05) is 5.73 Å². The molecule has 3 aliphatic rings. The van der Waals surface area contributed by atoms with Crippen LogP contribution < -0.4 is 5.73 Å². The zero-order valence-electron chi connectivity index (χ0n) is 20.1. The second-order valence-electron chi connectivity index (χ2n) is 10.3. The molecular formula is C22H31ClN5O5P. The fraction of sp³-hybridized carbons (Fsp3) is 0.682. The molecule has 186 valence electrons. The van der Waals surface area contributed by atoms with Gasteiger partial charge in [0, 0.05) is 11.2 Å². The predicted octanol–water partition coefficient (Wildman–Crippen LogP) is 4.70. The summed E-state index contributed by atoms with van der Waals surface area (Å²) < 4.78 is 39.6. The van der Waals surface area contributed by atoms with Crippen molar-refractivity contribution in [3.8, 4) is 0 Å². The minimum atomic E-state index is -3.45. The molecule has 10 nitrogen and oxygen atoms in total. The Morgan fingerprint density at radius 1 is 1.24 bits per heavy atom. The van der Waals surface area contributed by atoms with E-state index in [1.54, 1.807) is 12.1 Å². The monoisotopic (exact) mass is 511 g/mol. The highest BCUT2D eigenvalue weighted by Crippen LogP contribution is 2.73. The minimum absolute atomic E-state index is 0.0600. The van der Waals surface area contributed by atoms with Crippen LogP contribution in [-0.4, -0.2) is 49.7 Å². The largest absolute Gasteiger partial charge is 0.382 e. The molecule has 3 fully saturated rings. The summed E-state index contributed by atoms with van der Waals surface area (Å²) in [5.74, 6) is 1.21. The third-order valence-corrected chi connectivity index (χ3v) is 8.65. The summed E-state index contributed by atoms with van der Waals surface area (Å²) in [6.07, 6.45) is 3.49. The van der Waals surface area contributed by atoms with Crippen molar-refractivity contribution in [1.29, 1.82) is 0 Å². The average Bonchev–Trinajstić information content (AvgIpc) is 2.95. The van der Waals surface area contributed by atoms with Crippen LogP contribution in [0.4, 0.5) is 5.82 Å². The van der Waals surface area contributed by atoms with E-state index in [-0.39, 0.29) is 52.9 Å². The summed E-state index contributed by atoms with van der Waals surface area (Å²) in [6.45, 7) is 11.1. The second kappa shape index (κ2) is 7.98. The lowest BCUT2D eigenvalue weighted by Crippen LogP contribution is -2.31. The number of fused-ring (bicyclic) bond motifs is 4. The Hall–Kier alpha value is -1.55. The third kappa shape index (κ3) is 3.98. The van der Waals surface area contributed by atoms with E-state index >= 15 is 0 Å². The molecule has 5 atom stereocenters.